The van der Waals surface area contributed by atoms with Crippen molar-refractivity contribution in [2.75, 3.05) is 25.7 Å². The lowest BCUT2D eigenvalue weighted by molar-refractivity contribution is -0.01000. The molecule has 0 spiro atoms. The zero-order chi connectivity index (χ0) is 10.2. The third kappa shape index (κ3) is 8.72. The summed E-state index contributed by atoms with van der Waals surface area (Å²) in [6, 6.07) is 0. The van der Waals surface area contributed by atoms with Crippen molar-refractivity contribution in [2.24, 2.45) is 0 Å². The molecule has 0 aromatic heterocycles. The summed E-state index contributed by atoms with van der Waals surface area (Å²) in [6.07, 6.45) is 3.28. The highest BCUT2D eigenvalue weighted by atomic mass is 79.9. The molecule has 0 heterocycles. The SMILES string of the molecule is COC(C)(C)CCOCCCCBr. The van der Waals surface area contributed by atoms with Gasteiger partial charge in [0.1, 0.15) is 0 Å². The Balaban J connectivity index is 3.16. The van der Waals surface area contributed by atoms with Crippen molar-refractivity contribution < 1.29 is 9.47 Å². The lowest BCUT2D eigenvalue weighted by Gasteiger charge is -2.22. The fourth-order valence-corrected chi connectivity index (χ4v) is 1.22. The first-order valence-electron chi connectivity index (χ1n) is 4.81. The van der Waals surface area contributed by atoms with Gasteiger partial charge in [-0.3, -0.25) is 0 Å². The Morgan fingerprint density at radius 3 is 2.38 bits per heavy atom. The van der Waals surface area contributed by atoms with Crippen LogP contribution in [0.1, 0.15) is 33.1 Å². The van der Waals surface area contributed by atoms with Crippen molar-refractivity contribution in [3.8, 4) is 0 Å². The van der Waals surface area contributed by atoms with Crippen LogP contribution in [0, 0.1) is 0 Å². The topological polar surface area (TPSA) is 18.5 Å². The molecule has 13 heavy (non-hydrogen) atoms. The molecule has 0 aliphatic rings. The Morgan fingerprint density at radius 1 is 1.15 bits per heavy atom. The van der Waals surface area contributed by atoms with E-state index in [9.17, 15) is 0 Å². The highest BCUT2D eigenvalue weighted by Crippen LogP contribution is 2.12. The van der Waals surface area contributed by atoms with Gasteiger partial charge >= 0.3 is 0 Å². The van der Waals surface area contributed by atoms with Crippen LogP contribution in [-0.4, -0.2) is 31.3 Å². The minimum Gasteiger partial charge on any atom is -0.381 e. The van der Waals surface area contributed by atoms with Crippen LogP contribution in [0.5, 0.6) is 0 Å². The van der Waals surface area contributed by atoms with Gasteiger partial charge in [-0.1, -0.05) is 15.9 Å². The van der Waals surface area contributed by atoms with Gasteiger partial charge < -0.3 is 9.47 Å². The van der Waals surface area contributed by atoms with Crippen molar-refractivity contribution in [1.29, 1.82) is 0 Å². The van der Waals surface area contributed by atoms with Crippen LogP contribution in [0.15, 0.2) is 0 Å². The third-order valence-corrected chi connectivity index (χ3v) is 2.63. The molecule has 0 saturated heterocycles. The van der Waals surface area contributed by atoms with Crippen molar-refractivity contribution in [1.82, 2.24) is 0 Å². The predicted octanol–water partition coefficient (Wildman–Crippen LogP) is 2.99. The Hall–Kier alpha value is 0.400. The van der Waals surface area contributed by atoms with Crippen LogP contribution in [0.2, 0.25) is 0 Å². The quantitative estimate of drug-likeness (QED) is 0.489. The first-order valence-corrected chi connectivity index (χ1v) is 5.93. The Labute approximate surface area is 90.1 Å². The maximum Gasteiger partial charge on any atom is 0.0644 e. The molecule has 3 heteroatoms. The highest BCUT2D eigenvalue weighted by Gasteiger charge is 2.15. The number of halogens is 1. The summed E-state index contributed by atoms with van der Waals surface area (Å²) >= 11 is 3.39. The van der Waals surface area contributed by atoms with E-state index < -0.39 is 0 Å². The molecular weight excluding hydrogens is 232 g/mol. The van der Waals surface area contributed by atoms with Gasteiger partial charge in [-0.05, 0) is 33.1 Å². The largest absolute Gasteiger partial charge is 0.381 e. The predicted molar refractivity (Wildman–Crippen MR) is 59.6 cm³/mol. The van der Waals surface area contributed by atoms with Crippen LogP contribution < -0.4 is 0 Å². The molecule has 0 atom stereocenters. The van der Waals surface area contributed by atoms with Crippen molar-refractivity contribution in [3.05, 3.63) is 0 Å². The summed E-state index contributed by atoms with van der Waals surface area (Å²) < 4.78 is 10.8. The molecule has 0 N–H and O–H groups in total. The molecule has 0 amide bonds. The van der Waals surface area contributed by atoms with Crippen LogP contribution in [0.25, 0.3) is 0 Å². The molecular formula is C10H21BrO2. The number of alkyl halides is 1. The lowest BCUT2D eigenvalue weighted by Crippen LogP contribution is -2.24. The van der Waals surface area contributed by atoms with Gasteiger partial charge in [0, 0.05) is 25.7 Å². The molecule has 0 fully saturated rings. The number of unbranched alkanes of at least 4 members (excludes halogenated alkanes) is 1. The summed E-state index contributed by atoms with van der Waals surface area (Å²) in [4.78, 5) is 0. The van der Waals surface area contributed by atoms with Crippen LogP contribution >= 0.6 is 15.9 Å². The Bertz CT molecular complexity index is 115. The van der Waals surface area contributed by atoms with E-state index in [1.54, 1.807) is 7.11 Å². The first-order chi connectivity index (χ1) is 6.12. The molecule has 0 rings (SSSR count). The van der Waals surface area contributed by atoms with E-state index in [0.717, 1.165) is 31.4 Å². The lowest BCUT2D eigenvalue weighted by atomic mass is 10.1. The van der Waals surface area contributed by atoms with Crippen molar-refractivity contribution in [3.63, 3.8) is 0 Å². The van der Waals surface area contributed by atoms with E-state index in [-0.39, 0.29) is 5.60 Å². The Kier molecular flexibility index (Phi) is 8.01. The molecule has 0 radical (unpaired) electrons. The van der Waals surface area contributed by atoms with Gasteiger partial charge in [0.15, 0.2) is 0 Å². The van der Waals surface area contributed by atoms with Gasteiger partial charge in [0.05, 0.1) is 5.60 Å². The number of hydrogen-bond acceptors (Lipinski definition) is 2. The van der Waals surface area contributed by atoms with Gasteiger partial charge in [0.25, 0.3) is 0 Å². The third-order valence-electron chi connectivity index (χ3n) is 2.07. The van der Waals surface area contributed by atoms with E-state index in [1.807, 2.05) is 0 Å². The van der Waals surface area contributed by atoms with Crippen molar-refractivity contribution in [2.45, 2.75) is 38.7 Å². The second kappa shape index (κ2) is 7.77. The van der Waals surface area contributed by atoms with E-state index in [4.69, 9.17) is 9.47 Å². The number of methoxy groups -OCH3 is 1. The molecule has 2 nitrogen and oxygen atoms in total. The summed E-state index contributed by atoms with van der Waals surface area (Å²) in [5.74, 6) is 0. The van der Waals surface area contributed by atoms with Gasteiger partial charge in [-0.25, -0.2) is 0 Å². The molecule has 0 aliphatic heterocycles. The fraction of sp³-hybridized carbons (Fsp3) is 1.00. The fourth-order valence-electron chi connectivity index (χ4n) is 0.821. The van der Waals surface area contributed by atoms with Gasteiger partial charge in [-0.2, -0.15) is 0 Å². The second-order valence-corrected chi connectivity index (χ2v) is 4.52. The van der Waals surface area contributed by atoms with Crippen LogP contribution in [-0.2, 0) is 9.47 Å². The first kappa shape index (κ1) is 13.4. The molecule has 0 aliphatic carbocycles. The summed E-state index contributed by atoms with van der Waals surface area (Å²) in [6.45, 7) is 5.82. The van der Waals surface area contributed by atoms with Gasteiger partial charge in [-0.15, -0.1) is 0 Å². The zero-order valence-electron chi connectivity index (χ0n) is 8.94. The number of hydrogen-bond donors (Lipinski definition) is 0. The normalized spacial score (nSPS) is 12.0. The molecule has 0 saturated carbocycles. The summed E-state index contributed by atoms with van der Waals surface area (Å²) in [5.41, 5.74) is -0.0462. The van der Waals surface area contributed by atoms with Crippen molar-refractivity contribution >= 4 is 15.9 Å². The molecule has 0 aromatic carbocycles. The highest BCUT2D eigenvalue weighted by molar-refractivity contribution is 9.09. The minimum absolute atomic E-state index is 0.0462. The van der Waals surface area contributed by atoms with Crippen LogP contribution in [0.3, 0.4) is 0 Å². The van der Waals surface area contributed by atoms with E-state index in [1.165, 1.54) is 6.42 Å². The number of ether oxygens (including phenoxy) is 2. The molecule has 0 unspecified atom stereocenters. The van der Waals surface area contributed by atoms with E-state index in [2.05, 4.69) is 29.8 Å². The maximum absolute atomic E-state index is 5.47. The standard InChI is InChI=1S/C10H21BrO2/c1-10(2,12-3)6-9-13-8-5-4-7-11/h4-9H2,1-3H3. The number of rotatable bonds is 8. The molecule has 0 bridgehead atoms. The average Bonchev–Trinajstić information content (AvgIpc) is 2.11. The molecule has 0 aromatic rings. The van der Waals surface area contributed by atoms with E-state index >= 15 is 0 Å². The zero-order valence-corrected chi connectivity index (χ0v) is 10.5. The maximum atomic E-state index is 5.47. The second-order valence-electron chi connectivity index (χ2n) is 3.72. The Morgan fingerprint density at radius 2 is 1.85 bits per heavy atom. The van der Waals surface area contributed by atoms with Crippen LogP contribution in [0.4, 0.5) is 0 Å². The molecule has 80 valence electrons. The smallest absolute Gasteiger partial charge is 0.0644 e. The monoisotopic (exact) mass is 252 g/mol. The van der Waals surface area contributed by atoms with E-state index in [0.29, 0.717) is 0 Å². The van der Waals surface area contributed by atoms with Gasteiger partial charge in [0.2, 0.25) is 0 Å². The summed E-state index contributed by atoms with van der Waals surface area (Å²) in [7, 11) is 1.74. The summed E-state index contributed by atoms with van der Waals surface area (Å²) in [5, 5.41) is 1.07. The average molecular weight is 253 g/mol. The minimum atomic E-state index is -0.0462.